The van der Waals surface area contributed by atoms with Gasteiger partial charge in [-0.15, -0.1) is 0 Å². The number of nitrogens with one attached hydrogen (secondary N) is 1. The van der Waals surface area contributed by atoms with Crippen molar-refractivity contribution in [3.05, 3.63) is 90.6 Å². The Morgan fingerprint density at radius 1 is 0.854 bits per heavy atom. The van der Waals surface area contributed by atoms with Crippen LogP contribution >= 0.6 is 0 Å². The van der Waals surface area contributed by atoms with Gasteiger partial charge in [-0.1, -0.05) is 18.2 Å². The second-order valence-electron chi connectivity index (χ2n) is 8.86. The Morgan fingerprint density at radius 3 is 2.22 bits per heavy atom. The maximum Gasteiger partial charge on any atom is 0.264 e. The summed E-state index contributed by atoms with van der Waals surface area (Å²) in [5, 5.41) is 5.85. The van der Waals surface area contributed by atoms with E-state index in [-0.39, 0.29) is 22.3 Å². The molecule has 0 saturated carbocycles. The Bertz CT molecular complexity index is 2040. The molecule has 5 N–H and O–H groups in total. The molecule has 0 fully saturated rings. The number of hydrogen-bond acceptors (Lipinski definition) is 8. The molecule has 210 valence electrons. The summed E-state index contributed by atoms with van der Waals surface area (Å²) < 4.78 is 83.9. The summed E-state index contributed by atoms with van der Waals surface area (Å²) in [6, 6.07) is 16.5. The van der Waals surface area contributed by atoms with E-state index in [0.717, 1.165) is 12.1 Å². The number of hydrogen-bond donors (Lipinski definition) is 3. The Hall–Kier alpha value is -4.66. The van der Waals surface area contributed by atoms with Crippen LogP contribution in [0.3, 0.4) is 0 Å². The van der Waals surface area contributed by atoms with Gasteiger partial charge in [-0.3, -0.25) is 4.72 Å². The van der Waals surface area contributed by atoms with Crippen molar-refractivity contribution in [2.24, 2.45) is 5.14 Å². The second kappa shape index (κ2) is 10.4. The monoisotopic (exact) mass is 597 g/mol. The largest absolute Gasteiger partial charge is 0.480 e. The molecule has 0 saturated heterocycles. The lowest BCUT2D eigenvalue weighted by molar-refractivity contribution is 0.400. The summed E-state index contributed by atoms with van der Waals surface area (Å²) in [5.74, 6) is -2.01. The third kappa shape index (κ3) is 5.66. The molecule has 0 amide bonds. The third-order valence-corrected chi connectivity index (χ3v) is 8.47. The normalized spacial score (nSPS) is 11.9. The van der Waals surface area contributed by atoms with Crippen LogP contribution in [0.4, 0.5) is 20.3 Å². The number of methoxy groups -OCH3 is 1. The first-order valence-corrected chi connectivity index (χ1v) is 14.7. The van der Waals surface area contributed by atoms with E-state index in [9.17, 15) is 25.6 Å². The first kappa shape index (κ1) is 27.9. The van der Waals surface area contributed by atoms with Gasteiger partial charge in [0.05, 0.1) is 17.5 Å². The molecule has 0 spiro atoms. The van der Waals surface area contributed by atoms with Crippen LogP contribution in [0, 0.1) is 11.6 Å². The zero-order valence-corrected chi connectivity index (χ0v) is 22.8. The molecule has 2 heterocycles. The highest BCUT2D eigenvalue weighted by Crippen LogP contribution is 2.34. The number of sulfonamides is 2. The van der Waals surface area contributed by atoms with Crippen LogP contribution in [0.15, 0.2) is 88.8 Å². The number of fused-ring (bicyclic) bond motifs is 1. The minimum absolute atomic E-state index is 0.0449. The number of pyridine rings is 2. The number of benzene rings is 3. The van der Waals surface area contributed by atoms with E-state index in [0.29, 0.717) is 39.2 Å². The van der Waals surface area contributed by atoms with Gasteiger partial charge in [0.2, 0.25) is 15.9 Å². The van der Waals surface area contributed by atoms with Gasteiger partial charge in [0.15, 0.2) is 0 Å². The maximum atomic E-state index is 14.2. The quantitative estimate of drug-likeness (QED) is 0.250. The van der Waals surface area contributed by atoms with Crippen LogP contribution in [0.2, 0.25) is 0 Å². The van der Waals surface area contributed by atoms with Gasteiger partial charge in [0.25, 0.3) is 10.0 Å². The first-order chi connectivity index (χ1) is 19.4. The average Bonchev–Trinajstić information content (AvgIpc) is 2.91. The van der Waals surface area contributed by atoms with E-state index in [1.54, 1.807) is 36.4 Å². The lowest BCUT2D eigenvalue weighted by Gasteiger charge is -2.14. The fourth-order valence-electron chi connectivity index (χ4n) is 4.17. The Balaban J connectivity index is 1.54. The maximum absolute atomic E-state index is 14.2. The van der Waals surface area contributed by atoms with Crippen LogP contribution in [0.5, 0.6) is 5.88 Å². The number of halogens is 2. The summed E-state index contributed by atoms with van der Waals surface area (Å²) >= 11 is 0. The van der Waals surface area contributed by atoms with E-state index >= 15 is 0 Å². The summed E-state index contributed by atoms with van der Waals surface area (Å²) in [6.07, 6.45) is 1.47. The Labute approximate surface area is 233 Å². The molecule has 0 bridgehead atoms. The van der Waals surface area contributed by atoms with Crippen LogP contribution in [0.25, 0.3) is 33.2 Å². The van der Waals surface area contributed by atoms with Crippen molar-refractivity contribution in [2.45, 2.75) is 9.79 Å². The molecule has 10 nitrogen and oxygen atoms in total. The average molecular weight is 598 g/mol. The SMILES string of the molecule is COc1ncc(-c2ccc3nc(N)c(-c4ccc(S(N)(=O)=O)cc4)cc3c2)cc1NS(=O)(=O)c1ccc(F)cc1F. The molecule has 14 heteroatoms. The van der Waals surface area contributed by atoms with Crippen molar-refractivity contribution in [1.29, 1.82) is 0 Å². The summed E-state index contributed by atoms with van der Waals surface area (Å²) in [6.45, 7) is 0. The molecule has 41 heavy (non-hydrogen) atoms. The standard InChI is InChI=1S/C27H21F2N5O5S2/c1-39-27-24(34-41(37,38)25-9-5-19(28)13-22(25)29)12-18(14-32-27)16-4-8-23-17(10-16)11-21(26(30)33-23)15-2-6-20(7-3-15)40(31,35)36/h2-14,34H,1H3,(H2,30,33)(H2,31,35,36). The van der Waals surface area contributed by atoms with Crippen molar-refractivity contribution in [3.8, 4) is 28.1 Å². The van der Waals surface area contributed by atoms with Crippen molar-refractivity contribution in [2.75, 3.05) is 17.6 Å². The third-order valence-electron chi connectivity index (χ3n) is 6.14. The van der Waals surface area contributed by atoms with Crippen molar-refractivity contribution < 1.29 is 30.4 Å². The highest BCUT2D eigenvalue weighted by atomic mass is 32.2. The van der Waals surface area contributed by atoms with Crippen molar-refractivity contribution >= 4 is 42.5 Å². The molecule has 2 aromatic heterocycles. The van der Waals surface area contributed by atoms with Crippen LogP contribution in [-0.4, -0.2) is 33.9 Å². The van der Waals surface area contributed by atoms with Gasteiger partial charge in [0, 0.05) is 28.8 Å². The van der Waals surface area contributed by atoms with E-state index < -0.39 is 36.6 Å². The number of primary sulfonamides is 1. The number of nitrogens with two attached hydrogens (primary N) is 2. The number of ether oxygens (including phenoxy) is 1. The Kier molecular flexibility index (Phi) is 7.07. The minimum atomic E-state index is -4.46. The number of aromatic nitrogens is 2. The second-order valence-corrected chi connectivity index (χ2v) is 12.1. The number of rotatable bonds is 7. The molecule has 0 aliphatic rings. The van der Waals surface area contributed by atoms with E-state index in [1.807, 2.05) is 0 Å². The molecule has 5 rings (SSSR count). The predicted octanol–water partition coefficient (Wildman–Crippen LogP) is 4.28. The fraction of sp³-hybridized carbons (Fsp3) is 0.0370. The van der Waals surface area contributed by atoms with Gasteiger partial charge >= 0.3 is 0 Å². The van der Waals surface area contributed by atoms with Crippen LogP contribution < -0.4 is 20.3 Å². The summed E-state index contributed by atoms with van der Waals surface area (Å²) in [5.41, 5.74) is 8.97. The highest BCUT2D eigenvalue weighted by molar-refractivity contribution is 7.92. The smallest absolute Gasteiger partial charge is 0.264 e. The minimum Gasteiger partial charge on any atom is -0.480 e. The summed E-state index contributed by atoms with van der Waals surface area (Å²) in [4.78, 5) is 7.83. The van der Waals surface area contributed by atoms with E-state index in [2.05, 4.69) is 14.7 Å². The van der Waals surface area contributed by atoms with Crippen LogP contribution in [0.1, 0.15) is 0 Å². The molecular weight excluding hydrogens is 576 g/mol. The first-order valence-electron chi connectivity index (χ1n) is 11.7. The van der Waals surface area contributed by atoms with Crippen LogP contribution in [-0.2, 0) is 20.0 Å². The molecule has 5 aromatic rings. The van der Waals surface area contributed by atoms with Gasteiger partial charge in [0.1, 0.15) is 28.0 Å². The molecule has 0 atom stereocenters. The summed E-state index contributed by atoms with van der Waals surface area (Å²) in [7, 11) is -7.03. The van der Waals surface area contributed by atoms with Gasteiger partial charge in [-0.25, -0.2) is 40.7 Å². The van der Waals surface area contributed by atoms with E-state index in [4.69, 9.17) is 15.6 Å². The van der Waals surface area contributed by atoms with Crippen molar-refractivity contribution in [3.63, 3.8) is 0 Å². The predicted molar refractivity (Wildman–Crippen MR) is 150 cm³/mol. The zero-order valence-electron chi connectivity index (χ0n) is 21.2. The van der Waals surface area contributed by atoms with Crippen molar-refractivity contribution in [1.82, 2.24) is 9.97 Å². The molecule has 0 unspecified atom stereocenters. The Morgan fingerprint density at radius 2 is 1.56 bits per heavy atom. The van der Waals surface area contributed by atoms with E-state index in [1.165, 1.54) is 31.5 Å². The van der Waals surface area contributed by atoms with Gasteiger partial charge in [-0.05, 0) is 59.7 Å². The molecule has 3 aromatic carbocycles. The topological polar surface area (TPSA) is 167 Å². The lowest BCUT2D eigenvalue weighted by atomic mass is 10.0. The molecular formula is C27H21F2N5O5S2. The number of nitrogen functional groups attached to an aromatic ring is 1. The lowest BCUT2D eigenvalue weighted by Crippen LogP contribution is -2.15. The fourth-order valence-corrected chi connectivity index (χ4v) is 5.79. The molecule has 0 aliphatic carbocycles. The zero-order chi connectivity index (χ0) is 29.5. The molecule has 0 aliphatic heterocycles. The highest BCUT2D eigenvalue weighted by Gasteiger charge is 2.22. The number of anilines is 2. The molecule has 0 radical (unpaired) electrons. The van der Waals surface area contributed by atoms with Gasteiger partial charge in [-0.2, -0.15) is 0 Å². The number of nitrogens with zero attached hydrogens (tertiary/aromatic N) is 2. The van der Waals surface area contributed by atoms with Gasteiger partial charge < -0.3 is 10.5 Å².